The third-order valence-corrected chi connectivity index (χ3v) is 1.33. The average molecular weight is 155 g/mol. The number of hydrogen-bond donors (Lipinski definition) is 1. The fourth-order valence-corrected chi connectivity index (χ4v) is 0.672. The van der Waals surface area contributed by atoms with E-state index < -0.39 is 0 Å². The molecule has 0 aliphatic carbocycles. The van der Waals surface area contributed by atoms with Crippen molar-refractivity contribution in [3.05, 3.63) is 12.2 Å². The molecule has 0 spiro atoms. The lowest BCUT2D eigenvalue weighted by Crippen LogP contribution is -2.21. The molecule has 0 heterocycles. The second-order valence-corrected chi connectivity index (χ2v) is 2.46. The molecule has 0 aliphatic heterocycles. The van der Waals surface area contributed by atoms with Crippen LogP contribution in [0.1, 0.15) is 33.1 Å². The molecule has 0 aromatic heterocycles. The Morgan fingerprint density at radius 1 is 1.45 bits per heavy atom. The summed E-state index contributed by atoms with van der Waals surface area (Å²) >= 11 is 0. The van der Waals surface area contributed by atoms with Crippen LogP contribution < -0.4 is 5.32 Å². The summed E-state index contributed by atoms with van der Waals surface area (Å²) in [6, 6.07) is 0. The minimum Gasteiger partial charge on any atom is -0.353 e. The zero-order chi connectivity index (χ0) is 8.53. The summed E-state index contributed by atoms with van der Waals surface area (Å²) in [6.45, 7) is 4.91. The summed E-state index contributed by atoms with van der Waals surface area (Å²) in [7, 11) is 0. The first-order chi connectivity index (χ1) is 5.31. The van der Waals surface area contributed by atoms with Crippen LogP contribution in [0.5, 0.6) is 0 Å². The van der Waals surface area contributed by atoms with Crippen molar-refractivity contribution < 1.29 is 4.79 Å². The van der Waals surface area contributed by atoms with Gasteiger partial charge in [-0.1, -0.05) is 26.3 Å². The van der Waals surface area contributed by atoms with Gasteiger partial charge in [-0.3, -0.25) is 4.79 Å². The fraction of sp³-hybridized carbons (Fsp3) is 0.667. The number of hydrogen-bond acceptors (Lipinski definition) is 1. The number of allylic oxidation sites excluding steroid dienone is 1. The molecule has 2 heteroatoms. The number of amides is 1. The van der Waals surface area contributed by atoms with Crippen molar-refractivity contribution in [2.24, 2.45) is 0 Å². The van der Waals surface area contributed by atoms with E-state index in [2.05, 4.69) is 12.2 Å². The van der Waals surface area contributed by atoms with Crippen LogP contribution in [-0.4, -0.2) is 12.5 Å². The van der Waals surface area contributed by atoms with Crippen LogP contribution in [0.25, 0.3) is 0 Å². The monoisotopic (exact) mass is 155 g/mol. The molecule has 11 heavy (non-hydrogen) atoms. The number of nitrogens with one attached hydrogen (secondary N) is 1. The molecule has 0 radical (unpaired) electrons. The molecule has 1 amide bonds. The van der Waals surface area contributed by atoms with Crippen LogP contribution in [0.15, 0.2) is 12.2 Å². The SMILES string of the molecule is CC/C=C/C(=O)NCCCC. The summed E-state index contributed by atoms with van der Waals surface area (Å²) in [5, 5.41) is 2.79. The van der Waals surface area contributed by atoms with Crippen molar-refractivity contribution in [1.82, 2.24) is 5.32 Å². The standard InChI is InChI=1S/C9H17NO/c1-3-5-7-9(11)10-8-6-4-2/h5,7H,3-4,6,8H2,1-2H3,(H,10,11)/b7-5+. The minimum atomic E-state index is 0.0281. The van der Waals surface area contributed by atoms with Gasteiger partial charge < -0.3 is 5.32 Å². The molecule has 0 bridgehead atoms. The van der Waals surface area contributed by atoms with Crippen molar-refractivity contribution in [2.45, 2.75) is 33.1 Å². The van der Waals surface area contributed by atoms with Gasteiger partial charge in [0.15, 0.2) is 0 Å². The van der Waals surface area contributed by atoms with E-state index in [0.29, 0.717) is 0 Å². The van der Waals surface area contributed by atoms with Crippen LogP contribution in [0, 0.1) is 0 Å². The molecule has 0 fully saturated rings. The summed E-state index contributed by atoms with van der Waals surface area (Å²) in [6.07, 6.45) is 6.56. The normalized spacial score (nSPS) is 10.4. The molecular weight excluding hydrogens is 138 g/mol. The lowest BCUT2D eigenvalue weighted by molar-refractivity contribution is -0.116. The predicted octanol–water partition coefficient (Wildman–Crippen LogP) is 1.87. The van der Waals surface area contributed by atoms with E-state index in [1.165, 1.54) is 0 Å². The molecule has 1 N–H and O–H groups in total. The van der Waals surface area contributed by atoms with Crippen molar-refractivity contribution in [3.8, 4) is 0 Å². The number of carbonyl (C=O) groups excluding carboxylic acids is 1. The van der Waals surface area contributed by atoms with Gasteiger partial charge in [-0.05, 0) is 18.9 Å². The van der Waals surface area contributed by atoms with Gasteiger partial charge in [0, 0.05) is 6.54 Å². The third-order valence-electron chi connectivity index (χ3n) is 1.33. The van der Waals surface area contributed by atoms with E-state index in [-0.39, 0.29) is 5.91 Å². The smallest absolute Gasteiger partial charge is 0.243 e. The maximum atomic E-state index is 10.9. The quantitative estimate of drug-likeness (QED) is 0.476. The lowest BCUT2D eigenvalue weighted by Gasteiger charge is -1.98. The second-order valence-electron chi connectivity index (χ2n) is 2.46. The Morgan fingerprint density at radius 3 is 2.73 bits per heavy atom. The van der Waals surface area contributed by atoms with Gasteiger partial charge in [0.05, 0.1) is 0 Å². The van der Waals surface area contributed by atoms with E-state index in [0.717, 1.165) is 25.8 Å². The Bertz CT molecular complexity index is 130. The minimum absolute atomic E-state index is 0.0281. The molecule has 0 saturated heterocycles. The van der Waals surface area contributed by atoms with E-state index >= 15 is 0 Å². The van der Waals surface area contributed by atoms with Gasteiger partial charge in [0.25, 0.3) is 0 Å². The number of carbonyl (C=O) groups is 1. The molecule has 0 atom stereocenters. The van der Waals surface area contributed by atoms with Gasteiger partial charge in [-0.25, -0.2) is 0 Å². The van der Waals surface area contributed by atoms with Crippen molar-refractivity contribution in [1.29, 1.82) is 0 Å². The topological polar surface area (TPSA) is 29.1 Å². The molecule has 0 aliphatic rings. The first-order valence-electron chi connectivity index (χ1n) is 4.25. The molecule has 0 unspecified atom stereocenters. The molecule has 0 rings (SSSR count). The van der Waals surface area contributed by atoms with E-state index in [1.807, 2.05) is 13.0 Å². The zero-order valence-corrected chi connectivity index (χ0v) is 7.39. The largest absolute Gasteiger partial charge is 0.353 e. The summed E-state index contributed by atoms with van der Waals surface area (Å²) in [5.74, 6) is 0.0281. The highest BCUT2D eigenvalue weighted by molar-refractivity contribution is 5.87. The highest BCUT2D eigenvalue weighted by atomic mass is 16.1. The third kappa shape index (κ3) is 7.10. The Labute approximate surface area is 68.7 Å². The van der Waals surface area contributed by atoms with Gasteiger partial charge in [-0.15, -0.1) is 0 Å². The van der Waals surface area contributed by atoms with Crippen molar-refractivity contribution >= 4 is 5.91 Å². The van der Waals surface area contributed by atoms with Crippen molar-refractivity contribution in [2.75, 3.05) is 6.54 Å². The predicted molar refractivity (Wildman–Crippen MR) is 47.3 cm³/mol. The first-order valence-corrected chi connectivity index (χ1v) is 4.25. The fourth-order valence-electron chi connectivity index (χ4n) is 0.672. The van der Waals surface area contributed by atoms with Gasteiger partial charge >= 0.3 is 0 Å². The van der Waals surface area contributed by atoms with Crippen LogP contribution in [0.2, 0.25) is 0 Å². The van der Waals surface area contributed by atoms with Gasteiger partial charge in [0.2, 0.25) is 5.91 Å². The summed E-state index contributed by atoms with van der Waals surface area (Å²) in [5.41, 5.74) is 0. The molecule has 2 nitrogen and oxygen atoms in total. The zero-order valence-electron chi connectivity index (χ0n) is 7.39. The average Bonchev–Trinajstić information content (AvgIpc) is 2.01. The lowest BCUT2D eigenvalue weighted by atomic mass is 10.3. The second kappa shape index (κ2) is 7.32. The van der Waals surface area contributed by atoms with E-state index in [1.54, 1.807) is 6.08 Å². The maximum absolute atomic E-state index is 10.9. The highest BCUT2D eigenvalue weighted by Crippen LogP contribution is 1.83. The summed E-state index contributed by atoms with van der Waals surface area (Å²) in [4.78, 5) is 10.9. The number of unbranched alkanes of at least 4 members (excludes halogenated alkanes) is 1. The number of rotatable bonds is 5. The van der Waals surface area contributed by atoms with Crippen LogP contribution in [0.4, 0.5) is 0 Å². The molecule has 64 valence electrons. The summed E-state index contributed by atoms with van der Waals surface area (Å²) < 4.78 is 0. The Balaban J connectivity index is 3.30. The van der Waals surface area contributed by atoms with E-state index in [4.69, 9.17) is 0 Å². The molecule has 0 saturated carbocycles. The van der Waals surface area contributed by atoms with Crippen molar-refractivity contribution in [3.63, 3.8) is 0 Å². The van der Waals surface area contributed by atoms with Crippen LogP contribution >= 0.6 is 0 Å². The first kappa shape index (κ1) is 10.2. The Hall–Kier alpha value is -0.790. The van der Waals surface area contributed by atoms with Crippen LogP contribution in [0.3, 0.4) is 0 Å². The maximum Gasteiger partial charge on any atom is 0.243 e. The Morgan fingerprint density at radius 2 is 2.18 bits per heavy atom. The van der Waals surface area contributed by atoms with Gasteiger partial charge in [-0.2, -0.15) is 0 Å². The van der Waals surface area contributed by atoms with Crippen LogP contribution in [-0.2, 0) is 4.79 Å². The molecule has 0 aromatic carbocycles. The van der Waals surface area contributed by atoms with Gasteiger partial charge in [0.1, 0.15) is 0 Å². The molecule has 0 aromatic rings. The molecular formula is C9H17NO. The Kier molecular flexibility index (Phi) is 6.79. The van der Waals surface area contributed by atoms with E-state index in [9.17, 15) is 4.79 Å². The highest BCUT2D eigenvalue weighted by Gasteiger charge is 1.90.